The Morgan fingerprint density at radius 3 is 2.67 bits per heavy atom. The van der Waals surface area contributed by atoms with Gasteiger partial charge in [0, 0.05) is 25.0 Å². The van der Waals surface area contributed by atoms with Gasteiger partial charge in [-0.05, 0) is 66.8 Å². The Kier molecular flexibility index (Phi) is 9.98. The highest BCUT2D eigenvalue weighted by Gasteiger charge is 2.40. The molecule has 0 unspecified atom stereocenters. The maximum Gasteiger partial charge on any atom is 0.243 e. The molecule has 226 valence electrons. The van der Waals surface area contributed by atoms with Crippen molar-refractivity contribution in [3.05, 3.63) is 77.4 Å². The Labute approximate surface area is 249 Å². The van der Waals surface area contributed by atoms with Crippen molar-refractivity contribution in [1.82, 2.24) is 15.5 Å². The standard InChI is InChI=1S/C34H45N3O5/c1-22(2)17-24-14-15-37(34(24)40)30-11-7-8-16-42-32-20-28(27-19-25(41-3)12-13-26(27)32)35-21-31(38)29(36-33(30)39)18-23-9-5-4-6-10-23/h4-10,12-13,19,22,24,28-32,35,38H,11,14-18,20-21H2,1-3H3,(H,36,39)/t24-,28+,29+,30+,31-,32-/m1/s1. The van der Waals surface area contributed by atoms with E-state index in [0.29, 0.717) is 31.9 Å². The molecule has 1 saturated heterocycles. The number of nitrogens with one attached hydrogen (secondary N) is 2. The number of carbonyl (C=O) groups excluding carboxylic acids is 2. The number of amides is 2. The first-order valence-corrected chi connectivity index (χ1v) is 15.3. The molecule has 2 amide bonds. The first-order chi connectivity index (χ1) is 20.3. The van der Waals surface area contributed by atoms with Crippen LogP contribution in [0.5, 0.6) is 5.75 Å². The summed E-state index contributed by atoms with van der Waals surface area (Å²) in [6.45, 7) is 5.51. The van der Waals surface area contributed by atoms with E-state index in [4.69, 9.17) is 9.47 Å². The summed E-state index contributed by atoms with van der Waals surface area (Å²) in [7, 11) is 1.66. The monoisotopic (exact) mass is 575 g/mol. The molecule has 2 aromatic rings. The number of ether oxygens (including phenoxy) is 2. The summed E-state index contributed by atoms with van der Waals surface area (Å²) >= 11 is 0. The zero-order chi connectivity index (χ0) is 29.6. The summed E-state index contributed by atoms with van der Waals surface area (Å²) in [6, 6.07) is 14.7. The van der Waals surface area contributed by atoms with Crippen molar-refractivity contribution < 1.29 is 24.2 Å². The lowest BCUT2D eigenvalue weighted by molar-refractivity contribution is -0.140. The van der Waals surface area contributed by atoms with Crippen LogP contribution < -0.4 is 15.4 Å². The molecule has 2 bridgehead atoms. The molecule has 2 aliphatic heterocycles. The molecule has 42 heavy (non-hydrogen) atoms. The zero-order valence-corrected chi connectivity index (χ0v) is 25.0. The van der Waals surface area contributed by atoms with Crippen LogP contribution in [0, 0.1) is 11.8 Å². The minimum absolute atomic E-state index is 0.0233. The number of benzene rings is 2. The fraction of sp³-hybridized carbons (Fsp3) is 0.529. The number of aliphatic hydroxyl groups is 1. The van der Waals surface area contributed by atoms with Gasteiger partial charge in [0.2, 0.25) is 11.8 Å². The summed E-state index contributed by atoms with van der Waals surface area (Å²) < 4.78 is 11.8. The summed E-state index contributed by atoms with van der Waals surface area (Å²) in [5.74, 6) is 0.967. The van der Waals surface area contributed by atoms with E-state index in [-0.39, 0.29) is 36.4 Å². The SMILES string of the molecule is COc1ccc2c(c1)[C@@H]1C[C@H]2OCC=CC[C@H](N2CC[C@H](CC(C)C)C2=O)C(=O)N[C@@H](Cc2ccccc2)[C@H](O)CN1. The van der Waals surface area contributed by atoms with Crippen molar-refractivity contribution in [2.75, 3.05) is 26.8 Å². The van der Waals surface area contributed by atoms with E-state index < -0.39 is 18.2 Å². The lowest BCUT2D eigenvalue weighted by Crippen LogP contribution is -2.55. The van der Waals surface area contributed by atoms with Gasteiger partial charge in [0.1, 0.15) is 11.8 Å². The maximum absolute atomic E-state index is 13.9. The van der Waals surface area contributed by atoms with Crippen LogP contribution in [-0.2, 0) is 20.7 Å². The molecule has 3 N–H and O–H groups in total. The largest absolute Gasteiger partial charge is 0.497 e. The third-order valence-electron chi connectivity index (χ3n) is 8.84. The molecule has 0 saturated carbocycles. The number of aliphatic hydroxyl groups excluding tert-OH is 1. The fourth-order valence-electron chi connectivity index (χ4n) is 6.63. The highest BCUT2D eigenvalue weighted by Crippen LogP contribution is 2.42. The third kappa shape index (κ3) is 7.05. The molecule has 8 heteroatoms. The van der Waals surface area contributed by atoms with Crippen LogP contribution in [0.1, 0.15) is 68.4 Å². The van der Waals surface area contributed by atoms with Crippen LogP contribution in [0.15, 0.2) is 60.7 Å². The minimum atomic E-state index is -0.854. The number of likely N-dealkylation sites (tertiary alicyclic amines) is 1. The molecular formula is C34H45N3O5. The second-order valence-electron chi connectivity index (χ2n) is 12.3. The molecule has 5 rings (SSSR count). The van der Waals surface area contributed by atoms with Gasteiger partial charge in [-0.3, -0.25) is 9.59 Å². The molecule has 2 heterocycles. The Morgan fingerprint density at radius 1 is 1.10 bits per heavy atom. The Bertz CT molecular complexity index is 1250. The maximum atomic E-state index is 13.9. The van der Waals surface area contributed by atoms with E-state index in [9.17, 15) is 14.7 Å². The molecular weight excluding hydrogens is 530 g/mol. The van der Waals surface area contributed by atoms with Crippen LogP contribution in [0.4, 0.5) is 0 Å². The van der Waals surface area contributed by atoms with Crippen molar-refractivity contribution in [3.8, 4) is 5.75 Å². The Morgan fingerprint density at radius 2 is 1.90 bits per heavy atom. The average Bonchev–Trinajstić information content (AvgIpc) is 3.51. The number of methoxy groups -OCH3 is 1. The smallest absolute Gasteiger partial charge is 0.243 e. The molecule has 3 aliphatic rings. The van der Waals surface area contributed by atoms with Gasteiger partial charge in [0.15, 0.2) is 0 Å². The predicted molar refractivity (Wildman–Crippen MR) is 162 cm³/mol. The molecule has 8 nitrogen and oxygen atoms in total. The van der Waals surface area contributed by atoms with Gasteiger partial charge in [0.25, 0.3) is 0 Å². The van der Waals surface area contributed by atoms with Crippen molar-refractivity contribution >= 4 is 11.8 Å². The van der Waals surface area contributed by atoms with E-state index in [1.807, 2.05) is 54.6 Å². The van der Waals surface area contributed by atoms with Gasteiger partial charge in [0.05, 0.1) is 32.0 Å². The number of hydrogen-bond acceptors (Lipinski definition) is 6. The van der Waals surface area contributed by atoms with Crippen molar-refractivity contribution in [2.45, 2.75) is 76.3 Å². The number of fused-ring (bicyclic) bond motifs is 5. The second kappa shape index (κ2) is 13.8. The van der Waals surface area contributed by atoms with Crippen molar-refractivity contribution in [1.29, 1.82) is 0 Å². The summed E-state index contributed by atoms with van der Waals surface area (Å²) in [5.41, 5.74) is 3.25. The second-order valence-corrected chi connectivity index (χ2v) is 12.3. The lowest BCUT2D eigenvalue weighted by atomic mass is 9.96. The van der Waals surface area contributed by atoms with Gasteiger partial charge >= 0.3 is 0 Å². The van der Waals surface area contributed by atoms with Gasteiger partial charge in [-0.25, -0.2) is 0 Å². The summed E-state index contributed by atoms with van der Waals surface area (Å²) in [5, 5.41) is 18.2. The molecule has 0 spiro atoms. The topological polar surface area (TPSA) is 100 Å². The first-order valence-electron chi connectivity index (χ1n) is 15.3. The first kappa shape index (κ1) is 30.3. The highest BCUT2D eigenvalue weighted by atomic mass is 16.5. The highest BCUT2D eigenvalue weighted by molar-refractivity contribution is 5.90. The van der Waals surface area contributed by atoms with Crippen molar-refractivity contribution in [3.63, 3.8) is 0 Å². The molecule has 6 atom stereocenters. The van der Waals surface area contributed by atoms with Gasteiger partial charge in [-0.2, -0.15) is 0 Å². The van der Waals surface area contributed by atoms with Gasteiger partial charge in [-0.15, -0.1) is 0 Å². The molecule has 2 aromatic carbocycles. The molecule has 0 radical (unpaired) electrons. The number of carbonyl (C=O) groups is 2. The lowest BCUT2D eigenvalue weighted by Gasteiger charge is -2.31. The molecule has 0 aromatic heterocycles. The van der Waals surface area contributed by atoms with Crippen LogP contribution in [-0.4, -0.2) is 66.8 Å². The van der Waals surface area contributed by atoms with E-state index in [2.05, 4.69) is 30.5 Å². The number of nitrogens with zero attached hydrogens (tertiary/aromatic N) is 1. The quantitative estimate of drug-likeness (QED) is 0.449. The Hall–Kier alpha value is -3.20. The summed E-state index contributed by atoms with van der Waals surface area (Å²) in [4.78, 5) is 29.1. The summed E-state index contributed by atoms with van der Waals surface area (Å²) in [6.07, 6.45) is 6.15. The predicted octanol–water partition coefficient (Wildman–Crippen LogP) is 4.10. The van der Waals surface area contributed by atoms with Crippen LogP contribution in [0.3, 0.4) is 0 Å². The van der Waals surface area contributed by atoms with E-state index in [1.165, 1.54) is 0 Å². The number of rotatable bonds is 6. The Balaban J connectivity index is 1.42. The van der Waals surface area contributed by atoms with E-state index in [0.717, 1.165) is 41.7 Å². The van der Waals surface area contributed by atoms with Crippen molar-refractivity contribution in [2.24, 2.45) is 11.8 Å². The minimum Gasteiger partial charge on any atom is -0.497 e. The average molecular weight is 576 g/mol. The normalized spacial score (nSPS) is 28.7. The number of hydrogen-bond donors (Lipinski definition) is 3. The van der Waals surface area contributed by atoms with Gasteiger partial charge < -0.3 is 30.1 Å². The van der Waals surface area contributed by atoms with E-state index in [1.54, 1.807) is 12.0 Å². The third-order valence-corrected chi connectivity index (χ3v) is 8.84. The van der Waals surface area contributed by atoms with Gasteiger partial charge in [-0.1, -0.05) is 62.4 Å². The van der Waals surface area contributed by atoms with E-state index >= 15 is 0 Å². The molecule has 1 fully saturated rings. The van der Waals surface area contributed by atoms with Crippen LogP contribution in [0.2, 0.25) is 0 Å². The van der Waals surface area contributed by atoms with Crippen LogP contribution >= 0.6 is 0 Å². The molecule has 1 aliphatic carbocycles. The zero-order valence-electron chi connectivity index (χ0n) is 25.0. The fourth-order valence-corrected chi connectivity index (χ4v) is 6.63. The van der Waals surface area contributed by atoms with Crippen LogP contribution in [0.25, 0.3) is 0 Å². The number of β-amino-alcohol motifs (C(OH)–C–C–N with tert-alkyl or cyclic N) is 1.